The van der Waals surface area contributed by atoms with Crippen LogP contribution >= 0.6 is 0 Å². The van der Waals surface area contributed by atoms with Crippen LogP contribution in [0.1, 0.15) is 25.3 Å². The van der Waals surface area contributed by atoms with Crippen molar-refractivity contribution in [2.45, 2.75) is 32.5 Å². The normalized spacial score (nSPS) is 19.4. The minimum atomic E-state index is -0.224. The van der Waals surface area contributed by atoms with Gasteiger partial charge in [-0.3, -0.25) is 0 Å². The molecule has 94 valence electrons. The zero-order valence-electron chi connectivity index (χ0n) is 10.2. The lowest BCUT2D eigenvalue weighted by molar-refractivity contribution is 0.109. The highest BCUT2D eigenvalue weighted by Gasteiger charge is 2.24. The Kier molecular flexibility index (Phi) is 3.97. The topological polar surface area (TPSA) is 56.6 Å². The van der Waals surface area contributed by atoms with Crippen molar-refractivity contribution < 1.29 is 10.2 Å². The molecule has 0 saturated carbocycles. The van der Waals surface area contributed by atoms with E-state index in [4.69, 9.17) is 0 Å². The zero-order valence-corrected chi connectivity index (χ0v) is 10.2. The molecule has 0 spiro atoms. The molecule has 1 aromatic rings. The van der Waals surface area contributed by atoms with E-state index in [2.05, 4.69) is 9.88 Å². The Morgan fingerprint density at radius 3 is 2.76 bits per heavy atom. The van der Waals surface area contributed by atoms with E-state index < -0.39 is 0 Å². The molecule has 1 aliphatic rings. The van der Waals surface area contributed by atoms with Crippen LogP contribution in [0.15, 0.2) is 18.3 Å². The predicted molar refractivity (Wildman–Crippen MR) is 66.8 cm³/mol. The van der Waals surface area contributed by atoms with Crippen molar-refractivity contribution in [2.24, 2.45) is 5.92 Å². The van der Waals surface area contributed by atoms with Gasteiger partial charge in [0.15, 0.2) is 0 Å². The molecular weight excluding hydrogens is 216 g/mol. The molecule has 0 aliphatic carbocycles. The van der Waals surface area contributed by atoms with Crippen LogP contribution in [0.3, 0.4) is 0 Å². The van der Waals surface area contributed by atoms with Crippen LogP contribution in [0, 0.1) is 5.92 Å². The van der Waals surface area contributed by atoms with Crippen LogP contribution in [0.25, 0.3) is 0 Å². The van der Waals surface area contributed by atoms with Crippen molar-refractivity contribution in [1.82, 2.24) is 4.98 Å². The zero-order chi connectivity index (χ0) is 12.3. The maximum absolute atomic E-state index is 9.56. The number of anilines is 1. The molecular formula is C13H20N2O2. The number of hydrogen-bond donors (Lipinski definition) is 2. The summed E-state index contributed by atoms with van der Waals surface area (Å²) < 4.78 is 0. The molecule has 0 aromatic carbocycles. The molecule has 1 aromatic heterocycles. The average molecular weight is 236 g/mol. The van der Waals surface area contributed by atoms with E-state index in [-0.39, 0.29) is 12.7 Å². The molecule has 1 saturated heterocycles. The van der Waals surface area contributed by atoms with Gasteiger partial charge in [0.1, 0.15) is 5.82 Å². The Morgan fingerprint density at radius 1 is 1.47 bits per heavy atom. The van der Waals surface area contributed by atoms with E-state index in [1.807, 2.05) is 19.1 Å². The van der Waals surface area contributed by atoms with E-state index in [1.54, 1.807) is 6.20 Å². The number of aromatic nitrogens is 1. The number of nitrogens with zero attached hydrogens (tertiary/aromatic N) is 2. The predicted octanol–water partition coefficient (Wildman–Crippen LogP) is 1.17. The summed E-state index contributed by atoms with van der Waals surface area (Å²) in [7, 11) is 0. The van der Waals surface area contributed by atoms with Gasteiger partial charge in [0.2, 0.25) is 0 Å². The maximum Gasteiger partial charge on any atom is 0.134 e. The van der Waals surface area contributed by atoms with Crippen LogP contribution in [-0.4, -0.2) is 34.4 Å². The van der Waals surface area contributed by atoms with Gasteiger partial charge >= 0.3 is 0 Å². The standard InChI is InChI=1S/C13H20N2O2/c1-10(17)11-4-7-15(8-5-11)13-12(9-16)3-2-6-14-13/h2-3,6,10-11,16-17H,4-5,7-9H2,1H3. The summed E-state index contributed by atoms with van der Waals surface area (Å²) in [6, 6.07) is 3.75. The lowest BCUT2D eigenvalue weighted by Crippen LogP contribution is -2.38. The second kappa shape index (κ2) is 5.47. The summed E-state index contributed by atoms with van der Waals surface area (Å²) in [5.74, 6) is 1.28. The van der Waals surface area contributed by atoms with E-state index in [0.29, 0.717) is 5.92 Å². The van der Waals surface area contributed by atoms with Gasteiger partial charge in [0.25, 0.3) is 0 Å². The fourth-order valence-electron chi connectivity index (χ4n) is 2.43. The molecule has 1 atom stereocenters. The molecule has 2 rings (SSSR count). The molecule has 0 amide bonds. The number of aliphatic hydroxyl groups is 2. The highest BCUT2D eigenvalue weighted by molar-refractivity contribution is 5.46. The largest absolute Gasteiger partial charge is 0.393 e. The third-order valence-electron chi connectivity index (χ3n) is 3.56. The summed E-state index contributed by atoms with van der Waals surface area (Å²) in [5.41, 5.74) is 0.878. The molecule has 17 heavy (non-hydrogen) atoms. The van der Waals surface area contributed by atoms with Crippen molar-refractivity contribution >= 4 is 5.82 Å². The van der Waals surface area contributed by atoms with E-state index in [0.717, 1.165) is 37.3 Å². The first kappa shape index (κ1) is 12.3. The summed E-state index contributed by atoms with van der Waals surface area (Å²) in [6.45, 7) is 3.69. The molecule has 0 bridgehead atoms. The summed E-state index contributed by atoms with van der Waals surface area (Å²) in [6.07, 6.45) is 3.51. The highest BCUT2D eigenvalue weighted by Crippen LogP contribution is 2.26. The minimum absolute atomic E-state index is 0.0273. The van der Waals surface area contributed by atoms with Crippen molar-refractivity contribution in [2.75, 3.05) is 18.0 Å². The lowest BCUT2D eigenvalue weighted by Gasteiger charge is -2.34. The average Bonchev–Trinajstić information content (AvgIpc) is 2.39. The van der Waals surface area contributed by atoms with Crippen LogP contribution in [0.5, 0.6) is 0 Å². The molecule has 2 heterocycles. The summed E-state index contributed by atoms with van der Waals surface area (Å²) >= 11 is 0. The van der Waals surface area contributed by atoms with Crippen LogP contribution in [0.4, 0.5) is 5.82 Å². The van der Waals surface area contributed by atoms with Crippen molar-refractivity contribution in [1.29, 1.82) is 0 Å². The molecule has 2 N–H and O–H groups in total. The third kappa shape index (κ3) is 2.76. The molecule has 4 nitrogen and oxygen atoms in total. The molecule has 4 heteroatoms. The number of rotatable bonds is 3. The van der Waals surface area contributed by atoms with Crippen LogP contribution in [0.2, 0.25) is 0 Å². The first-order valence-electron chi connectivity index (χ1n) is 6.20. The molecule has 1 fully saturated rings. The molecule has 1 aliphatic heterocycles. The second-order valence-corrected chi connectivity index (χ2v) is 4.71. The first-order valence-corrected chi connectivity index (χ1v) is 6.20. The monoisotopic (exact) mass is 236 g/mol. The SMILES string of the molecule is CC(O)C1CCN(c2ncccc2CO)CC1. The van der Waals surface area contributed by atoms with Gasteiger partial charge in [-0.25, -0.2) is 4.98 Å². The van der Waals surface area contributed by atoms with Gasteiger partial charge < -0.3 is 15.1 Å². The highest BCUT2D eigenvalue weighted by atomic mass is 16.3. The van der Waals surface area contributed by atoms with Crippen LogP contribution < -0.4 is 4.90 Å². The molecule has 0 radical (unpaired) electrons. The Labute approximate surface area is 102 Å². The fourth-order valence-corrected chi connectivity index (χ4v) is 2.43. The van der Waals surface area contributed by atoms with Gasteiger partial charge in [-0.1, -0.05) is 6.07 Å². The van der Waals surface area contributed by atoms with Gasteiger partial charge in [0, 0.05) is 24.8 Å². The summed E-state index contributed by atoms with van der Waals surface area (Å²) in [5, 5.41) is 18.8. The van der Waals surface area contributed by atoms with Crippen molar-refractivity contribution in [3.05, 3.63) is 23.9 Å². The van der Waals surface area contributed by atoms with Gasteiger partial charge in [-0.15, -0.1) is 0 Å². The lowest BCUT2D eigenvalue weighted by atomic mass is 9.92. The quantitative estimate of drug-likeness (QED) is 0.827. The summed E-state index contributed by atoms with van der Waals surface area (Å²) in [4.78, 5) is 6.55. The Balaban J connectivity index is 2.05. The number of pyridine rings is 1. The van der Waals surface area contributed by atoms with E-state index in [1.165, 1.54) is 0 Å². The smallest absolute Gasteiger partial charge is 0.134 e. The third-order valence-corrected chi connectivity index (χ3v) is 3.56. The maximum atomic E-state index is 9.56. The number of aliphatic hydroxyl groups excluding tert-OH is 2. The van der Waals surface area contributed by atoms with E-state index >= 15 is 0 Å². The second-order valence-electron chi connectivity index (χ2n) is 4.71. The van der Waals surface area contributed by atoms with Crippen molar-refractivity contribution in [3.8, 4) is 0 Å². The first-order chi connectivity index (χ1) is 8.22. The van der Waals surface area contributed by atoms with Gasteiger partial charge in [0.05, 0.1) is 12.7 Å². The number of piperidine rings is 1. The van der Waals surface area contributed by atoms with Crippen LogP contribution in [-0.2, 0) is 6.61 Å². The van der Waals surface area contributed by atoms with Gasteiger partial charge in [-0.05, 0) is 31.7 Å². The Morgan fingerprint density at radius 2 is 2.18 bits per heavy atom. The minimum Gasteiger partial charge on any atom is -0.393 e. The van der Waals surface area contributed by atoms with Gasteiger partial charge in [-0.2, -0.15) is 0 Å². The number of hydrogen-bond acceptors (Lipinski definition) is 4. The molecule has 1 unspecified atom stereocenters. The van der Waals surface area contributed by atoms with Crippen molar-refractivity contribution in [3.63, 3.8) is 0 Å². The fraction of sp³-hybridized carbons (Fsp3) is 0.615. The van der Waals surface area contributed by atoms with E-state index in [9.17, 15) is 10.2 Å². The Hall–Kier alpha value is -1.13. The Bertz CT molecular complexity index is 360.